The predicted octanol–water partition coefficient (Wildman–Crippen LogP) is 4.71. The van der Waals surface area contributed by atoms with Crippen molar-refractivity contribution in [2.45, 2.75) is 13.8 Å². The second-order valence-electron chi connectivity index (χ2n) is 5.20. The van der Waals surface area contributed by atoms with Crippen LogP contribution in [0.25, 0.3) is 6.08 Å². The average Bonchev–Trinajstić information content (AvgIpc) is 2.78. The summed E-state index contributed by atoms with van der Waals surface area (Å²) in [5, 5.41) is 0. The Bertz CT molecular complexity index is 781. The van der Waals surface area contributed by atoms with Crippen LogP contribution in [0, 0.1) is 13.8 Å². The number of carbonyl (C=O) groups is 1. The quantitative estimate of drug-likeness (QED) is 0.589. The minimum Gasteiger partial charge on any atom is -0.268 e. The molecule has 110 valence electrons. The fraction of sp³-hybridized carbons (Fsp3) is 0.111. The van der Waals surface area contributed by atoms with Gasteiger partial charge in [0, 0.05) is 0 Å². The van der Waals surface area contributed by atoms with Crippen LogP contribution in [-0.4, -0.2) is 10.2 Å². The second-order valence-corrected chi connectivity index (χ2v) is 6.87. The molecule has 0 aromatic heterocycles. The van der Waals surface area contributed by atoms with Crippen LogP contribution in [0.2, 0.25) is 0 Å². The Morgan fingerprint density at radius 3 is 2.45 bits per heavy atom. The van der Waals surface area contributed by atoms with E-state index in [1.54, 1.807) is 4.90 Å². The standard InChI is InChI=1S/C18H15NOS2/c1-12-8-9-15(10-13(12)2)19-17(20)16(22-18(19)21)11-14-6-4-3-5-7-14/h3-11H,1-2H3/b16-11-. The zero-order chi connectivity index (χ0) is 15.7. The Hall–Kier alpha value is -1.91. The summed E-state index contributed by atoms with van der Waals surface area (Å²) in [4.78, 5) is 14.9. The molecule has 1 fully saturated rings. The molecule has 0 saturated carbocycles. The minimum absolute atomic E-state index is 0.0536. The number of hydrogen-bond donors (Lipinski definition) is 0. The van der Waals surface area contributed by atoms with E-state index in [1.165, 1.54) is 17.3 Å². The highest BCUT2D eigenvalue weighted by Crippen LogP contribution is 2.36. The van der Waals surface area contributed by atoms with Gasteiger partial charge in [0.05, 0.1) is 10.6 Å². The monoisotopic (exact) mass is 325 g/mol. The van der Waals surface area contributed by atoms with E-state index in [0.29, 0.717) is 9.23 Å². The molecule has 0 N–H and O–H groups in total. The maximum absolute atomic E-state index is 12.7. The first-order valence-electron chi connectivity index (χ1n) is 6.96. The third-order valence-electron chi connectivity index (χ3n) is 3.64. The van der Waals surface area contributed by atoms with Gasteiger partial charge in [0.15, 0.2) is 4.32 Å². The van der Waals surface area contributed by atoms with Crippen molar-refractivity contribution in [2.24, 2.45) is 0 Å². The van der Waals surface area contributed by atoms with Gasteiger partial charge in [-0.2, -0.15) is 0 Å². The van der Waals surface area contributed by atoms with Gasteiger partial charge in [-0.25, -0.2) is 0 Å². The maximum Gasteiger partial charge on any atom is 0.270 e. The fourth-order valence-corrected chi connectivity index (χ4v) is 3.55. The molecular formula is C18H15NOS2. The van der Waals surface area contributed by atoms with E-state index in [4.69, 9.17) is 12.2 Å². The molecule has 1 heterocycles. The van der Waals surface area contributed by atoms with Crippen LogP contribution in [0.15, 0.2) is 53.4 Å². The SMILES string of the molecule is Cc1ccc(N2C(=O)/C(=C/c3ccccc3)SC2=S)cc1C. The van der Waals surface area contributed by atoms with E-state index >= 15 is 0 Å². The number of aryl methyl sites for hydroxylation is 2. The zero-order valence-corrected chi connectivity index (χ0v) is 14.0. The third-order valence-corrected chi connectivity index (χ3v) is 4.94. The van der Waals surface area contributed by atoms with Gasteiger partial charge in [-0.1, -0.05) is 60.4 Å². The molecule has 1 amide bonds. The van der Waals surface area contributed by atoms with E-state index in [9.17, 15) is 4.79 Å². The number of amides is 1. The molecule has 22 heavy (non-hydrogen) atoms. The number of thiocarbonyl (C=S) groups is 1. The Morgan fingerprint density at radius 2 is 1.77 bits per heavy atom. The lowest BCUT2D eigenvalue weighted by Crippen LogP contribution is -2.27. The van der Waals surface area contributed by atoms with Crippen molar-refractivity contribution in [3.63, 3.8) is 0 Å². The van der Waals surface area contributed by atoms with E-state index in [1.807, 2.05) is 61.5 Å². The smallest absolute Gasteiger partial charge is 0.268 e. The molecule has 0 spiro atoms. The summed E-state index contributed by atoms with van der Waals surface area (Å²) in [6.45, 7) is 4.09. The van der Waals surface area contributed by atoms with Gasteiger partial charge in [0.1, 0.15) is 0 Å². The highest BCUT2D eigenvalue weighted by molar-refractivity contribution is 8.27. The second kappa shape index (κ2) is 6.07. The van der Waals surface area contributed by atoms with Crippen molar-refractivity contribution in [1.29, 1.82) is 0 Å². The molecular weight excluding hydrogens is 310 g/mol. The van der Waals surface area contributed by atoms with Crippen LogP contribution in [0.3, 0.4) is 0 Å². The zero-order valence-electron chi connectivity index (χ0n) is 12.4. The Morgan fingerprint density at radius 1 is 1.05 bits per heavy atom. The van der Waals surface area contributed by atoms with Crippen molar-refractivity contribution in [3.05, 3.63) is 70.1 Å². The molecule has 0 unspecified atom stereocenters. The maximum atomic E-state index is 12.7. The lowest BCUT2D eigenvalue weighted by molar-refractivity contribution is -0.113. The van der Waals surface area contributed by atoms with Crippen molar-refractivity contribution >= 4 is 46.0 Å². The van der Waals surface area contributed by atoms with Gasteiger partial charge >= 0.3 is 0 Å². The molecule has 2 aromatic carbocycles. The van der Waals surface area contributed by atoms with Gasteiger partial charge in [-0.05, 0) is 48.7 Å². The summed E-state index contributed by atoms with van der Waals surface area (Å²) in [6, 6.07) is 15.8. The minimum atomic E-state index is -0.0536. The van der Waals surface area contributed by atoms with Crippen LogP contribution in [0.5, 0.6) is 0 Å². The molecule has 0 atom stereocenters. The first kappa shape index (κ1) is 15.0. The number of rotatable bonds is 2. The number of nitrogens with zero attached hydrogens (tertiary/aromatic N) is 1. The Kier molecular flexibility index (Phi) is 4.14. The molecule has 0 aliphatic carbocycles. The highest BCUT2D eigenvalue weighted by Gasteiger charge is 2.33. The summed E-state index contributed by atoms with van der Waals surface area (Å²) in [6.07, 6.45) is 1.89. The van der Waals surface area contributed by atoms with Gasteiger partial charge in [-0.3, -0.25) is 9.69 Å². The van der Waals surface area contributed by atoms with Crippen LogP contribution < -0.4 is 4.90 Å². The van der Waals surface area contributed by atoms with Gasteiger partial charge in [0.25, 0.3) is 5.91 Å². The van der Waals surface area contributed by atoms with Crippen molar-refractivity contribution in [3.8, 4) is 0 Å². The summed E-state index contributed by atoms with van der Waals surface area (Å²) in [5.41, 5.74) is 4.19. The number of benzene rings is 2. The van der Waals surface area contributed by atoms with Gasteiger partial charge < -0.3 is 0 Å². The molecule has 4 heteroatoms. The van der Waals surface area contributed by atoms with Crippen LogP contribution in [-0.2, 0) is 4.79 Å². The summed E-state index contributed by atoms with van der Waals surface area (Å²) >= 11 is 6.75. The molecule has 0 bridgehead atoms. The molecule has 2 aromatic rings. The third kappa shape index (κ3) is 2.85. The lowest BCUT2D eigenvalue weighted by atomic mass is 10.1. The van der Waals surface area contributed by atoms with Crippen molar-refractivity contribution in [2.75, 3.05) is 4.90 Å². The predicted molar refractivity (Wildman–Crippen MR) is 98.0 cm³/mol. The van der Waals surface area contributed by atoms with Crippen molar-refractivity contribution < 1.29 is 4.79 Å². The molecule has 0 radical (unpaired) electrons. The van der Waals surface area contributed by atoms with Crippen LogP contribution >= 0.6 is 24.0 Å². The Labute approximate surface area is 139 Å². The normalized spacial score (nSPS) is 16.6. The largest absolute Gasteiger partial charge is 0.270 e. The molecule has 1 aliphatic rings. The Balaban J connectivity index is 1.95. The number of hydrogen-bond acceptors (Lipinski definition) is 3. The van der Waals surface area contributed by atoms with Gasteiger partial charge in [0.2, 0.25) is 0 Å². The summed E-state index contributed by atoms with van der Waals surface area (Å²) < 4.78 is 0.579. The fourth-order valence-electron chi connectivity index (χ4n) is 2.26. The first-order valence-corrected chi connectivity index (χ1v) is 8.19. The number of carbonyl (C=O) groups excluding carboxylic acids is 1. The van der Waals surface area contributed by atoms with Crippen LogP contribution in [0.1, 0.15) is 16.7 Å². The molecule has 2 nitrogen and oxygen atoms in total. The summed E-state index contributed by atoms with van der Waals surface area (Å²) in [5.74, 6) is -0.0536. The molecule has 1 aliphatic heterocycles. The van der Waals surface area contributed by atoms with Crippen LogP contribution in [0.4, 0.5) is 5.69 Å². The van der Waals surface area contributed by atoms with E-state index in [0.717, 1.165) is 16.8 Å². The lowest BCUT2D eigenvalue weighted by Gasteiger charge is -2.15. The summed E-state index contributed by atoms with van der Waals surface area (Å²) in [7, 11) is 0. The van der Waals surface area contributed by atoms with Crippen molar-refractivity contribution in [1.82, 2.24) is 0 Å². The van der Waals surface area contributed by atoms with E-state index in [-0.39, 0.29) is 5.91 Å². The van der Waals surface area contributed by atoms with E-state index < -0.39 is 0 Å². The molecule has 3 rings (SSSR count). The highest BCUT2D eigenvalue weighted by atomic mass is 32.2. The first-order chi connectivity index (χ1) is 10.6. The van der Waals surface area contributed by atoms with Gasteiger partial charge in [-0.15, -0.1) is 0 Å². The van der Waals surface area contributed by atoms with E-state index in [2.05, 4.69) is 6.92 Å². The number of thioether (sulfide) groups is 1. The number of anilines is 1. The average molecular weight is 325 g/mol. The topological polar surface area (TPSA) is 20.3 Å². The molecule has 1 saturated heterocycles.